The van der Waals surface area contributed by atoms with E-state index in [1.54, 1.807) is 0 Å². The molecule has 5 nitrogen and oxygen atoms in total. The number of anilines is 2. The quantitative estimate of drug-likeness (QED) is 0.934. The minimum atomic E-state index is 0.107. The maximum absolute atomic E-state index is 5.81. The summed E-state index contributed by atoms with van der Waals surface area (Å²) in [6.07, 6.45) is 3.53. The number of rotatable bonds is 3. The number of fused-ring (bicyclic) bond motifs is 1. The van der Waals surface area contributed by atoms with Gasteiger partial charge in [-0.1, -0.05) is 6.07 Å². The Morgan fingerprint density at radius 3 is 2.84 bits per heavy atom. The molecular formula is C13H13ClN4O. The van der Waals surface area contributed by atoms with Crippen LogP contribution in [0, 0.1) is 0 Å². The fraction of sp³-hybridized carbons (Fsp3) is 0.308. The lowest BCUT2D eigenvalue weighted by Gasteiger charge is -2.08. The smallest absolute Gasteiger partial charge is 0.322 e. The molecular weight excluding hydrogens is 264 g/mol. The molecule has 1 heterocycles. The standard InChI is InChI=1S/C13H13ClN4O/c1-19-13-17-11(14)16-12(18-13)15-10-6-5-8-3-2-4-9(8)7-10/h5-7H,2-4H2,1H3,(H,15,16,17,18). The van der Waals surface area contributed by atoms with E-state index < -0.39 is 0 Å². The van der Waals surface area contributed by atoms with Crippen LogP contribution in [0.5, 0.6) is 6.01 Å². The molecule has 1 aliphatic rings. The fourth-order valence-corrected chi connectivity index (χ4v) is 2.41. The van der Waals surface area contributed by atoms with Crippen molar-refractivity contribution in [2.24, 2.45) is 0 Å². The zero-order chi connectivity index (χ0) is 13.2. The number of aromatic nitrogens is 3. The molecule has 0 bridgehead atoms. The Morgan fingerprint density at radius 2 is 2.00 bits per heavy atom. The Balaban J connectivity index is 1.86. The first-order valence-corrected chi connectivity index (χ1v) is 6.47. The summed E-state index contributed by atoms with van der Waals surface area (Å²) in [7, 11) is 1.49. The molecule has 0 saturated carbocycles. The summed E-state index contributed by atoms with van der Waals surface area (Å²) in [5, 5.41) is 3.23. The first-order chi connectivity index (χ1) is 9.24. The fourth-order valence-electron chi connectivity index (χ4n) is 2.26. The van der Waals surface area contributed by atoms with Crippen molar-refractivity contribution in [1.29, 1.82) is 0 Å². The third kappa shape index (κ3) is 2.61. The molecule has 3 rings (SSSR count). The van der Waals surface area contributed by atoms with Gasteiger partial charge in [0.05, 0.1) is 7.11 Å². The molecule has 1 aromatic heterocycles. The van der Waals surface area contributed by atoms with Crippen molar-refractivity contribution >= 4 is 23.2 Å². The summed E-state index contributed by atoms with van der Waals surface area (Å²) in [6.45, 7) is 0. The lowest BCUT2D eigenvalue weighted by Crippen LogP contribution is -2.02. The van der Waals surface area contributed by atoms with E-state index in [2.05, 4.69) is 32.4 Å². The van der Waals surface area contributed by atoms with Gasteiger partial charge in [0, 0.05) is 5.69 Å². The molecule has 0 fully saturated rings. The number of aryl methyl sites for hydroxylation is 2. The second-order valence-corrected chi connectivity index (χ2v) is 4.71. The number of nitrogens with one attached hydrogen (secondary N) is 1. The highest BCUT2D eigenvalue weighted by Crippen LogP contribution is 2.26. The van der Waals surface area contributed by atoms with Crippen LogP contribution in [0.25, 0.3) is 0 Å². The first kappa shape index (κ1) is 12.2. The summed E-state index contributed by atoms with van der Waals surface area (Å²) in [6, 6.07) is 6.49. The lowest BCUT2D eigenvalue weighted by atomic mass is 10.1. The predicted octanol–water partition coefficient (Wildman–Crippen LogP) is 2.77. The summed E-state index contributed by atoms with van der Waals surface area (Å²) in [5.74, 6) is 0.384. The Hall–Kier alpha value is -1.88. The van der Waals surface area contributed by atoms with E-state index in [9.17, 15) is 0 Å². The molecule has 0 spiro atoms. The molecule has 6 heteroatoms. The lowest BCUT2D eigenvalue weighted by molar-refractivity contribution is 0.379. The van der Waals surface area contributed by atoms with Crippen molar-refractivity contribution in [3.63, 3.8) is 0 Å². The monoisotopic (exact) mass is 276 g/mol. The largest absolute Gasteiger partial charge is 0.467 e. The van der Waals surface area contributed by atoms with Crippen molar-refractivity contribution in [1.82, 2.24) is 15.0 Å². The van der Waals surface area contributed by atoms with Crippen molar-refractivity contribution in [2.75, 3.05) is 12.4 Å². The van der Waals surface area contributed by atoms with E-state index in [0.29, 0.717) is 5.95 Å². The highest BCUT2D eigenvalue weighted by Gasteiger charge is 2.11. The Bertz CT molecular complexity index is 618. The van der Waals surface area contributed by atoms with Crippen LogP contribution < -0.4 is 10.1 Å². The number of benzene rings is 1. The topological polar surface area (TPSA) is 59.9 Å². The molecule has 2 aromatic rings. The van der Waals surface area contributed by atoms with Gasteiger partial charge in [-0.25, -0.2) is 0 Å². The number of ether oxygens (including phenoxy) is 1. The van der Waals surface area contributed by atoms with Crippen LogP contribution in [0.2, 0.25) is 5.28 Å². The molecule has 1 aromatic carbocycles. The van der Waals surface area contributed by atoms with Gasteiger partial charge >= 0.3 is 6.01 Å². The molecule has 19 heavy (non-hydrogen) atoms. The molecule has 0 radical (unpaired) electrons. The molecule has 0 amide bonds. The van der Waals surface area contributed by atoms with E-state index in [-0.39, 0.29) is 11.3 Å². The molecule has 0 saturated heterocycles. The SMILES string of the molecule is COc1nc(Cl)nc(Nc2ccc3c(c2)CCC3)n1. The molecule has 98 valence electrons. The van der Waals surface area contributed by atoms with Crippen LogP contribution in [0.15, 0.2) is 18.2 Å². The van der Waals surface area contributed by atoms with Gasteiger partial charge < -0.3 is 10.1 Å². The van der Waals surface area contributed by atoms with Gasteiger partial charge in [0.25, 0.3) is 0 Å². The molecule has 0 aliphatic heterocycles. The summed E-state index contributed by atoms with van der Waals surface area (Å²) >= 11 is 5.81. The molecule has 1 N–H and O–H groups in total. The number of nitrogens with zero attached hydrogens (tertiary/aromatic N) is 3. The molecule has 1 aliphatic carbocycles. The van der Waals surface area contributed by atoms with Gasteiger partial charge in [0.15, 0.2) is 0 Å². The maximum atomic E-state index is 5.81. The van der Waals surface area contributed by atoms with Gasteiger partial charge in [0.2, 0.25) is 11.2 Å². The number of methoxy groups -OCH3 is 1. The van der Waals surface area contributed by atoms with Gasteiger partial charge in [-0.15, -0.1) is 0 Å². The van der Waals surface area contributed by atoms with Crippen LogP contribution in [0.1, 0.15) is 17.5 Å². The highest BCUT2D eigenvalue weighted by molar-refractivity contribution is 6.28. The van der Waals surface area contributed by atoms with E-state index in [4.69, 9.17) is 16.3 Å². The third-order valence-electron chi connectivity index (χ3n) is 3.12. The number of hydrogen-bond donors (Lipinski definition) is 1. The van der Waals surface area contributed by atoms with Crippen molar-refractivity contribution in [3.8, 4) is 6.01 Å². The Labute approximate surface area is 116 Å². The van der Waals surface area contributed by atoms with E-state index in [1.807, 2.05) is 6.07 Å². The molecule has 0 atom stereocenters. The van der Waals surface area contributed by atoms with Gasteiger partial charge in [-0.05, 0) is 54.1 Å². The predicted molar refractivity (Wildman–Crippen MR) is 73.1 cm³/mol. The van der Waals surface area contributed by atoms with Crippen molar-refractivity contribution in [2.45, 2.75) is 19.3 Å². The van der Waals surface area contributed by atoms with Crippen LogP contribution in [0.3, 0.4) is 0 Å². The van der Waals surface area contributed by atoms with Crippen LogP contribution in [-0.2, 0) is 12.8 Å². The minimum absolute atomic E-state index is 0.107. The van der Waals surface area contributed by atoms with Crippen LogP contribution in [0.4, 0.5) is 11.6 Å². The highest BCUT2D eigenvalue weighted by atomic mass is 35.5. The molecule has 0 unspecified atom stereocenters. The van der Waals surface area contributed by atoms with Crippen LogP contribution >= 0.6 is 11.6 Å². The second-order valence-electron chi connectivity index (χ2n) is 4.38. The Kier molecular flexibility index (Phi) is 3.21. The summed E-state index contributed by atoms with van der Waals surface area (Å²) in [5.41, 5.74) is 3.76. The first-order valence-electron chi connectivity index (χ1n) is 6.09. The zero-order valence-corrected chi connectivity index (χ0v) is 11.2. The van der Waals surface area contributed by atoms with E-state index >= 15 is 0 Å². The summed E-state index contributed by atoms with van der Waals surface area (Å²) in [4.78, 5) is 12.0. The third-order valence-corrected chi connectivity index (χ3v) is 3.29. The van der Waals surface area contributed by atoms with Gasteiger partial charge in [0.1, 0.15) is 0 Å². The zero-order valence-electron chi connectivity index (χ0n) is 10.5. The van der Waals surface area contributed by atoms with E-state index in [1.165, 1.54) is 31.1 Å². The number of halogens is 1. The van der Waals surface area contributed by atoms with E-state index in [0.717, 1.165) is 12.1 Å². The second kappa shape index (κ2) is 5.01. The normalized spacial score (nSPS) is 13.2. The van der Waals surface area contributed by atoms with Gasteiger partial charge in [-0.2, -0.15) is 15.0 Å². The van der Waals surface area contributed by atoms with Gasteiger partial charge in [-0.3, -0.25) is 0 Å². The maximum Gasteiger partial charge on any atom is 0.322 e. The summed E-state index contributed by atoms with van der Waals surface area (Å²) < 4.78 is 4.96. The van der Waals surface area contributed by atoms with Crippen molar-refractivity contribution in [3.05, 3.63) is 34.6 Å². The Morgan fingerprint density at radius 1 is 1.16 bits per heavy atom. The average Bonchev–Trinajstić information content (AvgIpc) is 2.85. The average molecular weight is 277 g/mol. The van der Waals surface area contributed by atoms with Crippen molar-refractivity contribution < 1.29 is 4.74 Å². The van der Waals surface area contributed by atoms with Crippen LogP contribution in [-0.4, -0.2) is 22.1 Å². The minimum Gasteiger partial charge on any atom is -0.467 e. The number of hydrogen-bond acceptors (Lipinski definition) is 5.